The molecule has 0 aliphatic carbocycles. The van der Waals surface area contributed by atoms with Gasteiger partial charge in [-0.25, -0.2) is 4.98 Å². The molecule has 0 unspecified atom stereocenters. The Labute approximate surface area is 333 Å². The van der Waals surface area contributed by atoms with Crippen molar-refractivity contribution < 1.29 is 34.4 Å². The van der Waals surface area contributed by atoms with Gasteiger partial charge in [-0.3, -0.25) is 9.78 Å². The smallest absolute Gasteiger partial charge is 0.164 e. The van der Waals surface area contributed by atoms with E-state index in [1.807, 2.05) is 47.0 Å². The molecule has 0 atom stereocenters. The molecule has 0 aliphatic rings. The molecule has 8 heteroatoms. The number of carbonyl (C=O) groups is 1. The van der Waals surface area contributed by atoms with Crippen molar-refractivity contribution in [2.45, 2.75) is 125 Å². The number of rotatable bonds is 12. The van der Waals surface area contributed by atoms with Crippen LogP contribution in [0.1, 0.15) is 119 Å². The number of ketones is 1. The molecular formula is C44H57IrN2O3S2-. The molecule has 1 N–H and O–H groups in total. The Hall–Kier alpha value is -2.77. The quantitative estimate of drug-likeness (QED) is 0.0581. The molecule has 283 valence electrons. The molecule has 2 aromatic carbocycles. The van der Waals surface area contributed by atoms with E-state index in [4.69, 9.17) is 9.40 Å². The van der Waals surface area contributed by atoms with Gasteiger partial charge in [0.15, 0.2) is 11.4 Å². The minimum Gasteiger partial charge on any atom is -0.512 e. The van der Waals surface area contributed by atoms with Crippen molar-refractivity contribution in [1.82, 2.24) is 9.97 Å². The summed E-state index contributed by atoms with van der Waals surface area (Å²) in [6, 6.07) is 12.2. The fourth-order valence-corrected chi connectivity index (χ4v) is 8.25. The molecule has 5 nitrogen and oxygen atoms in total. The van der Waals surface area contributed by atoms with Gasteiger partial charge in [-0.1, -0.05) is 99.8 Å². The zero-order valence-electron chi connectivity index (χ0n) is 33.2. The minimum absolute atomic E-state index is 0. The number of allylic oxidation sites excluding steroid dienone is 2. The van der Waals surface area contributed by atoms with Gasteiger partial charge in [0, 0.05) is 59.0 Å². The fraction of sp³-hybridized carbons (Fsp3) is 0.477. The standard InChI is InChI=1S/C29H29N2OS2.C15H28O2.Ir/c1-8-33-23-12-9-18(14-22(23)29(5,6)7)25-24-20-11-10-19-21(13-16(2)3)17(4)32-26(19)27(20)34-28(24)31-15-30-25;1-7-14(5,8-2)12(16)11-13(17)15(6,9-3)10-4;/h8,10-12,14-16H,1,13H2,2-7H3;11,16H,7-10H2,1-6H3;/q-1;;/b;12-11-;. The Balaban J connectivity index is 0.000000347. The largest absolute Gasteiger partial charge is 0.512 e. The van der Waals surface area contributed by atoms with Crippen LogP contribution in [0.4, 0.5) is 0 Å². The van der Waals surface area contributed by atoms with Gasteiger partial charge in [0.1, 0.15) is 22.7 Å². The summed E-state index contributed by atoms with van der Waals surface area (Å²) >= 11 is 3.32. The van der Waals surface area contributed by atoms with Crippen molar-refractivity contribution in [2.75, 3.05) is 0 Å². The summed E-state index contributed by atoms with van der Waals surface area (Å²) in [5, 5.41) is 15.4. The van der Waals surface area contributed by atoms with E-state index in [1.54, 1.807) is 29.4 Å². The Morgan fingerprint density at radius 1 is 1.02 bits per heavy atom. The van der Waals surface area contributed by atoms with Crippen molar-refractivity contribution in [3.63, 3.8) is 0 Å². The maximum Gasteiger partial charge on any atom is 0.164 e. The minimum atomic E-state index is -0.337. The molecular weight excluding hydrogens is 861 g/mol. The molecule has 3 aromatic heterocycles. The second-order valence-corrected chi connectivity index (χ2v) is 17.7. The monoisotopic (exact) mass is 918 g/mol. The van der Waals surface area contributed by atoms with Crippen LogP contribution in [0.2, 0.25) is 0 Å². The number of thioether (sulfide) groups is 1. The van der Waals surface area contributed by atoms with Crippen LogP contribution in [-0.4, -0.2) is 20.9 Å². The number of aliphatic hydroxyl groups is 1. The average Bonchev–Trinajstić information content (AvgIpc) is 3.64. The van der Waals surface area contributed by atoms with Gasteiger partial charge in [-0.2, -0.15) is 11.8 Å². The first-order valence-corrected chi connectivity index (χ1v) is 20.1. The Morgan fingerprint density at radius 3 is 2.19 bits per heavy atom. The molecule has 0 bridgehead atoms. The van der Waals surface area contributed by atoms with Crippen LogP contribution in [-0.2, 0) is 36.7 Å². The van der Waals surface area contributed by atoms with Gasteiger partial charge in [0.2, 0.25) is 0 Å². The molecule has 52 heavy (non-hydrogen) atoms. The third-order valence-electron chi connectivity index (χ3n) is 10.8. The number of thiophene rings is 1. The van der Waals surface area contributed by atoms with Crippen molar-refractivity contribution in [1.29, 1.82) is 0 Å². The summed E-state index contributed by atoms with van der Waals surface area (Å²) < 4.78 is 7.48. The predicted molar refractivity (Wildman–Crippen MR) is 220 cm³/mol. The zero-order chi connectivity index (χ0) is 37.9. The van der Waals surface area contributed by atoms with Gasteiger partial charge >= 0.3 is 0 Å². The molecule has 3 heterocycles. The van der Waals surface area contributed by atoms with Crippen LogP contribution in [0, 0.1) is 29.7 Å². The molecule has 0 fully saturated rings. The Bertz CT molecular complexity index is 2060. The number of hydrogen-bond donors (Lipinski definition) is 1. The number of fused-ring (bicyclic) bond motifs is 5. The molecule has 0 saturated carbocycles. The Kier molecular flexibility index (Phi) is 14.8. The number of hydrogen-bond acceptors (Lipinski definition) is 7. The van der Waals surface area contributed by atoms with Crippen LogP contribution in [0.5, 0.6) is 0 Å². The van der Waals surface area contributed by atoms with Gasteiger partial charge in [-0.15, -0.1) is 40.7 Å². The summed E-state index contributed by atoms with van der Waals surface area (Å²) in [6.07, 6.45) is 7.43. The van der Waals surface area contributed by atoms with Gasteiger partial charge in [-0.05, 0) is 61.2 Å². The molecule has 0 amide bonds. The van der Waals surface area contributed by atoms with E-state index in [-0.39, 0.29) is 47.9 Å². The molecule has 0 aliphatic heterocycles. The van der Waals surface area contributed by atoms with E-state index in [2.05, 4.69) is 83.4 Å². The summed E-state index contributed by atoms with van der Waals surface area (Å²) in [6.45, 7) is 29.3. The third-order valence-corrected chi connectivity index (χ3v) is 12.7. The molecule has 1 radical (unpaired) electrons. The maximum absolute atomic E-state index is 12.2. The number of aromatic nitrogens is 2. The van der Waals surface area contributed by atoms with Crippen molar-refractivity contribution in [2.24, 2.45) is 16.7 Å². The summed E-state index contributed by atoms with van der Waals surface area (Å²) in [5.74, 6) is 1.87. The maximum atomic E-state index is 12.2. The van der Waals surface area contributed by atoms with Crippen LogP contribution < -0.4 is 0 Å². The molecule has 5 aromatic rings. The average molecular weight is 918 g/mol. The van der Waals surface area contributed by atoms with Gasteiger partial charge in [0.05, 0.1) is 4.70 Å². The van der Waals surface area contributed by atoms with Crippen LogP contribution in [0.15, 0.2) is 63.7 Å². The first-order chi connectivity index (χ1) is 24.0. The Morgan fingerprint density at radius 2 is 1.63 bits per heavy atom. The number of benzene rings is 2. The van der Waals surface area contributed by atoms with E-state index in [1.165, 1.54) is 27.5 Å². The molecule has 5 rings (SSSR count). The third kappa shape index (κ3) is 8.94. The van der Waals surface area contributed by atoms with E-state index in [0.29, 0.717) is 5.92 Å². The van der Waals surface area contributed by atoms with Crippen LogP contribution >= 0.6 is 23.1 Å². The summed E-state index contributed by atoms with van der Waals surface area (Å²) in [5.41, 5.74) is 4.84. The summed E-state index contributed by atoms with van der Waals surface area (Å²) in [7, 11) is 0. The zero-order valence-corrected chi connectivity index (χ0v) is 37.2. The summed E-state index contributed by atoms with van der Waals surface area (Å²) in [4.78, 5) is 23.7. The fourth-order valence-electron chi connectivity index (χ4n) is 6.33. The number of nitrogens with zero attached hydrogens (tertiary/aromatic N) is 2. The second-order valence-electron chi connectivity index (χ2n) is 15.6. The van der Waals surface area contributed by atoms with Crippen molar-refractivity contribution in [3.05, 3.63) is 77.4 Å². The number of aliphatic hydroxyl groups excluding tert-OH is 1. The van der Waals surface area contributed by atoms with E-state index >= 15 is 0 Å². The molecule has 0 spiro atoms. The topological polar surface area (TPSA) is 76.2 Å². The second kappa shape index (κ2) is 17.6. The first-order valence-electron chi connectivity index (χ1n) is 18.4. The van der Waals surface area contributed by atoms with Gasteiger partial charge < -0.3 is 9.52 Å². The van der Waals surface area contributed by atoms with E-state index in [0.717, 1.165) is 75.0 Å². The van der Waals surface area contributed by atoms with Crippen LogP contribution in [0.25, 0.3) is 42.5 Å². The van der Waals surface area contributed by atoms with Crippen LogP contribution in [0.3, 0.4) is 0 Å². The predicted octanol–water partition coefficient (Wildman–Crippen LogP) is 13.7. The van der Waals surface area contributed by atoms with E-state index in [9.17, 15) is 9.90 Å². The SMILES string of the molecule is C=CSc1c[c-]c(-c2ncnc3sc4c(ccc5c(CC(C)C)c(C)oc54)c23)cc1C(C)(C)C.CCC(C)(CC)C(=O)/C=C(\O)C(C)(CC)CC.[Ir]. The normalized spacial score (nSPS) is 12.7. The van der Waals surface area contributed by atoms with Crippen molar-refractivity contribution >= 4 is 60.2 Å². The van der Waals surface area contributed by atoms with E-state index < -0.39 is 0 Å². The number of furan rings is 1. The van der Waals surface area contributed by atoms with Crippen molar-refractivity contribution in [3.8, 4) is 11.3 Å². The number of aryl methyl sites for hydroxylation is 1. The number of carbonyl (C=O) groups excluding carboxylic acids is 1. The van der Waals surface area contributed by atoms with Gasteiger partial charge in [0.25, 0.3) is 0 Å². The first kappa shape index (κ1) is 43.6. The molecule has 0 saturated heterocycles.